The summed E-state index contributed by atoms with van der Waals surface area (Å²) >= 11 is 12.6. The summed E-state index contributed by atoms with van der Waals surface area (Å²) in [6.07, 6.45) is 3.07. The summed E-state index contributed by atoms with van der Waals surface area (Å²) in [4.78, 5) is 30.0. The van der Waals surface area contributed by atoms with E-state index in [1.807, 2.05) is 48.2 Å². The van der Waals surface area contributed by atoms with Gasteiger partial charge >= 0.3 is 6.09 Å². The molecular weight excluding hydrogens is 695 g/mol. The Hall–Kier alpha value is -3.70. The highest BCUT2D eigenvalue weighted by Crippen LogP contribution is 2.39. The third-order valence-electron chi connectivity index (χ3n) is 9.27. The molecule has 1 N–H and O–H groups in total. The van der Waals surface area contributed by atoms with Crippen molar-refractivity contribution in [3.8, 4) is 17.2 Å². The molecule has 1 heterocycles. The second kappa shape index (κ2) is 18.7. The molecule has 0 aromatic heterocycles. The van der Waals surface area contributed by atoms with Crippen molar-refractivity contribution in [3.05, 3.63) is 86.9 Å². The Kier molecular flexibility index (Phi) is 14.1. The van der Waals surface area contributed by atoms with Crippen LogP contribution in [0.4, 0.5) is 4.79 Å². The summed E-state index contributed by atoms with van der Waals surface area (Å²) in [5.41, 5.74) is 4.02. The van der Waals surface area contributed by atoms with Crippen molar-refractivity contribution in [2.75, 3.05) is 60.3 Å². The molecule has 1 saturated heterocycles. The fourth-order valence-electron chi connectivity index (χ4n) is 6.61. The number of hydrogen-bond acceptors (Lipinski definition) is 7. The normalized spacial score (nSPS) is 17.2. The Labute approximate surface area is 310 Å². The van der Waals surface area contributed by atoms with Gasteiger partial charge in [-0.3, -0.25) is 4.79 Å². The first-order valence-corrected chi connectivity index (χ1v) is 18.3. The summed E-state index contributed by atoms with van der Waals surface area (Å²) in [6.45, 7) is 4.91. The van der Waals surface area contributed by atoms with Crippen molar-refractivity contribution in [2.24, 2.45) is 5.92 Å². The van der Waals surface area contributed by atoms with E-state index >= 15 is 0 Å². The molecule has 0 spiro atoms. The van der Waals surface area contributed by atoms with Crippen LogP contribution >= 0.6 is 23.2 Å². The Balaban J connectivity index is 1.29. The Morgan fingerprint density at radius 2 is 1.47 bits per heavy atom. The van der Waals surface area contributed by atoms with Crippen LogP contribution in [0.5, 0.6) is 17.2 Å². The van der Waals surface area contributed by atoms with Crippen LogP contribution in [-0.4, -0.2) is 93.3 Å². The monoisotopic (exact) mass is 742 g/mol. The van der Waals surface area contributed by atoms with E-state index in [1.54, 1.807) is 26.4 Å². The topological polar surface area (TPSA) is 107 Å². The molecule has 2 atom stereocenters. The molecule has 0 unspecified atom stereocenters. The van der Waals surface area contributed by atoms with Crippen molar-refractivity contribution in [1.82, 2.24) is 9.80 Å². The number of carboxylic acid groups (broad SMARTS) is 1. The third-order valence-corrected chi connectivity index (χ3v) is 9.83. The zero-order valence-corrected chi connectivity index (χ0v) is 31.1. The van der Waals surface area contributed by atoms with E-state index in [9.17, 15) is 14.7 Å². The molecule has 0 radical (unpaired) electrons. The smallest absolute Gasteiger partial charge is 0.407 e. The Bertz CT molecular complexity index is 1570. The van der Waals surface area contributed by atoms with Crippen LogP contribution in [-0.2, 0) is 27.2 Å². The molecule has 1 aliphatic heterocycles. The van der Waals surface area contributed by atoms with Gasteiger partial charge in [-0.1, -0.05) is 41.4 Å². The predicted molar refractivity (Wildman–Crippen MR) is 197 cm³/mol. The van der Waals surface area contributed by atoms with Gasteiger partial charge in [0.15, 0.2) is 5.75 Å². The van der Waals surface area contributed by atoms with Crippen LogP contribution in [0.2, 0.25) is 10.0 Å². The summed E-state index contributed by atoms with van der Waals surface area (Å²) < 4.78 is 28.1. The van der Waals surface area contributed by atoms with Gasteiger partial charge in [-0.05, 0) is 104 Å². The lowest BCUT2D eigenvalue weighted by Crippen LogP contribution is -2.49. The molecule has 2 amide bonds. The fraction of sp³-hybridized carbons (Fsp3) is 0.487. The van der Waals surface area contributed by atoms with Crippen molar-refractivity contribution in [2.45, 2.75) is 57.5 Å². The van der Waals surface area contributed by atoms with Crippen LogP contribution in [0.25, 0.3) is 0 Å². The minimum Gasteiger partial charge on any atom is -0.491 e. The Morgan fingerprint density at radius 3 is 2.14 bits per heavy atom. The molecule has 2 fully saturated rings. The number of amides is 2. The zero-order chi connectivity index (χ0) is 36.3. The number of methoxy groups -OCH3 is 2. The minimum atomic E-state index is -1.01. The van der Waals surface area contributed by atoms with Gasteiger partial charge in [0, 0.05) is 46.5 Å². The van der Waals surface area contributed by atoms with E-state index in [4.69, 9.17) is 46.9 Å². The number of rotatable bonds is 18. The van der Waals surface area contributed by atoms with Crippen molar-refractivity contribution in [3.63, 3.8) is 0 Å². The molecule has 1 saturated carbocycles. The number of ether oxygens (including phenoxy) is 5. The van der Waals surface area contributed by atoms with E-state index in [0.29, 0.717) is 60.9 Å². The van der Waals surface area contributed by atoms with Crippen LogP contribution < -0.4 is 14.2 Å². The maximum atomic E-state index is 14.5. The molecule has 3 aromatic rings. The molecule has 51 heavy (non-hydrogen) atoms. The van der Waals surface area contributed by atoms with Crippen LogP contribution in [0, 0.1) is 12.8 Å². The molecule has 276 valence electrons. The molecule has 3 aromatic carbocycles. The van der Waals surface area contributed by atoms with Gasteiger partial charge in [-0.25, -0.2) is 4.79 Å². The van der Waals surface area contributed by atoms with Gasteiger partial charge in [0.1, 0.15) is 31.3 Å². The molecular formula is C39H48Cl2N2O8. The standard InChI is InChI=1S/C39H48Cl2N2O8/c1-26-19-35(40)37(36(41)20-26)51-18-17-49-31-10-6-29(7-11-31)33-12-13-42(39(45)46)25-34(33)38(44)43(30-8-9-30)24-28-21-27(5-4-14-47-2)22-32(23-28)50-16-15-48-3/h6-7,10-11,19-23,30,33-34H,4-5,8-9,12-18,24-25H2,1-3H3,(H,45,46)/t33-,34+/m1/s1. The number of benzene rings is 3. The van der Waals surface area contributed by atoms with Gasteiger partial charge in [-0.2, -0.15) is 0 Å². The van der Waals surface area contributed by atoms with Crippen molar-refractivity contribution < 1.29 is 38.4 Å². The summed E-state index contributed by atoms with van der Waals surface area (Å²) in [5.74, 6) is 1.13. The van der Waals surface area contributed by atoms with E-state index in [0.717, 1.165) is 53.7 Å². The largest absolute Gasteiger partial charge is 0.491 e. The predicted octanol–water partition coefficient (Wildman–Crippen LogP) is 7.64. The van der Waals surface area contributed by atoms with Gasteiger partial charge in [0.2, 0.25) is 5.91 Å². The zero-order valence-electron chi connectivity index (χ0n) is 29.6. The first kappa shape index (κ1) is 38.5. The van der Waals surface area contributed by atoms with Gasteiger partial charge in [0.25, 0.3) is 0 Å². The van der Waals surface area contributed by atoms with Crippen molar-refractivity contribution >= 4 is 35.2 Å². The van der Waals surface area contributed by atoms with Gasteiger partial charge in [-0.15, -0.1) is 0 Å². The van der Waals surface area contributed by atoms with Crippen molar-refractivity contribution in [1.29, 1.82) is 0 Å². The number of piperidine rings is 1. The Morgan fingerprint density at radius 1 is 0.824 bits per heavy atom. The molecule has 12 heteroatoms. The molecule has 2 aliphatic rings. The highest BCUT2D eigenvalue weighted by molar-refractivity contribution is 6.37. The molecule has 10 nitrogen and oxygen atoms in total. The van der Waals surface area contributed by atoms with Gasteiger partial charge < -0.3 is 38.6 Å². The third kappa shape index (κ3) is 10.9. The van der Waals surface area contributed by atoms with Crippen LogP contribution in [0.3, 0.4) is 0 Å². The lowest BCUT2D eigenvalue weighted by atomic mass is 9.79. The molecule has 0 bridgehead atoms. The quantitative estimate of drug-likeness (QED) is 0.133. The second-order valence-corrected chi connectivity index (χ2v) is 14.0. The SMILES string of the molecule is COCCCc1cc(CN(C(=O)[C@H]2CN(C(=O)O)CC[C@@H]2c2ccc(OCCOc3c(Cl)cc(C)cc3Cl)cc2)C2CC2)cc(OCCOC)c1. The average molecular weight is 744 g/mol. The molecule has 5 rings (SSSR count). The van der Waals surface area contributed by atoms with Gasteiger partial charge in [0.05, 0.1) is 22.6 Å². The number of aryl methyl sites for hydroxylation is 2. The lowest BCUT2D eigenvalue weighted by molar-refractivity contribution is -0.139. The highest BCUT2D eigenvalue weighted by Gasteiger charge is 2.42. The van der Waals surface area contributed by atoms with E-state index < -0.39 is 12.0 Å². The minimum absolute atomic E-state index is 0.0222. The molecule has 1 aliphatic carbocycles. The van der Waals surface area contributed by atoms with E-state index in [2.05, 4.69) is 6.07 Å². The fourth-order valence-corrected chi connectivity index (χ4v) is 7.31. The maximum absolute atomic E-state index is 14.5. The maximum Gasteiger partial charge on any atom is 0.407 e. The van der Waals surface area contributed by atoms with E-state index in [-0.39, 0.29) is 37.6 Å². The van der Waals surface area contributed by atoms with Crippen LogP contribution in [0.15, 0.2) is 54.6 Å². The number of carbonyl (C=O) groups is 2. The number of hydrogen-bond donors (Lipinski definition) is 1. The van der Waals surface area contributed by atoms with E-state index in [1.165, 1.54) is 4.90 Å². The lowest BCUT2D eigenvalue weighted by Gasteiger charge is -2.39. The average Bonchev–Trinajstić information content (AvgIpc) is 3.95. The highest BCUT2D eigenvalue weighted by atomic mass is 35.5. The summed E-state index contributed by atoms with van der Waals surface area (Å²) in [6, 6.07) is 17.6. The first-order chi connectivity index (χ1) is 24.7. The number of carbonyl (C=O) groups excluding carboxylic acids is 1. The number of halogens is 2. The van der Waals surface area contributed by atoms with Crippen LogP contribution in [0.1, 0.15) is 53.9 Å². The number of likely N-dealkylation sites (tertiary alicyclic amines) is 1. The summed E-state index contributed by atoms with van der Waals surface area (Å²) in [5, 5.41) is 10.8. The summed E-state index contributed by atoms with van der Waals surface area (Å²) in [7, 11) is 3.33. The second-order valence-electron chi connectivity index (χ2n) is 13.2. The number of nitrogens with zero attached hydrogens (tertiary/aromatic N) is 2. The first-order valence-electron chi connectivity index (χ1n) is 17.5.